The number of rotatable bonds is 4. The van der Waals surface area contributed by atoms with Crippen molar-refractivity contribution in [2.45, 2.75) is 19.4 Å². The lowest BCUT2D eigenvalue weighted by Crippen LogP contribution is -2.18. The molecule has 1 unspecified atom stereocenters. The first-order valence-corrected chi connectivity index (χ1v) is 8.10. The van der Waals surface area contributed by atoms with Gasteiger partial charge in [-0.05, 0) is 77.2 Å². The number of hydrogen-bond donors (Lipinski definition) is 1. The van der Waals surface area contributed by atoms with Crippen molar-refractivity contribution in [2.75, 3.05) is 7.05 Å². The van der Waals surface area contributed by atoms with E-state index >= 15 is 0 Å². The lowest BCUT2D eigenvalue weighted by Gasteiger charge is -2.16. The molecular weight excluding hydrogens is 377 g/mol. The van der Waals surface area contributed by atoms with Crippen LogP contribution in [0.5, 0.6) is 0 Å². The zero-order chi connectivity index (χ0) is 13.1. The number of benzene rings is 1. The topological polar surface area (TPSA) is 12.0 Å². The van der Waals surface area contributed by atoms with E-state index in [-0.39, 0.29) is 0 Å². The Kier molecular flexibility index (Phi) is 5.06. The third kappa shape index (κ3) is 3.47. The van der Waals surface area contributed by atoms with Gasteiger partial charge in [0, 0.05) is 11.1 Å². The van der Waals surface area contributed by atoms with Gasteiger partial charge in [0.2, 0.25) is 0 Å². The van der Waals surface area contributed by atoms with Crippen molar-refractivity contribution < 1.29 is 0 Å². The minimum absolute atomic E-state index is 0.324. The Labute approximate surface area is 131 Å². The van der Waals surface area contributed by atoms with Gasteiger partial charge in [0.1, 0.15) is 0 Å². The van der Waals surface area contributed by atoms with E-state index < -0.39 is 0 Å². The highest BCUT2D eigenvalue weighted by Gasteiger charge is 2.13. The lowest BCUT2D eigenvalue weighted by molar-refractivity contribution is 0.594. The summed E-state index contributed by atoms with van der Waals surface area (Å²) in [5, 5.41) is 6.44. The maximum absolute atomic E-state index is 6.30. The summed E-state index contributed by atoms with van der Waals surface area (Å²) in [6, 6.07) is 8.82. The Balaban J connectivity index is 2.20. The zero-order valence-corrected chi connectivity index (χ0v) is 14.1. The Hall–Kier alpha value is -0.100. The highest BCUT2D eigenvalue weighted by Crippen LogP contribution is 2.27. The van der Waals surface area contributed by atoms with Crippen LogP contribution in [0.3, 0.4) is 0 Å². The van der Waals surface area contributed by atoms with Crippen LogP contribution in [-0.4, -0.2) is 7.05 Å². The normalized spacial score (nSPS) is 12.7. The van der Waals surface area contributed by atoms with Crippen molar-refractivity contribution in [1.29, 1.82) is 0 Å². The van der Waals surface area contributed by atoms with E-state index in [2.05, 4.69) is 58.4 Å². The van der Waals surface area contributed by atoms with Gasteiger partial charge in [0.15, 0.2) is 0 Å². The van der Waals surface area contributed by atoms with E-state index in [0.717, 1.165) is 11.4 Å². The van der Waals surface area contributed by atoms with E-state index in [1.54, 1.807) is 11.3 Å². The average Bonchev–Trinajstić information content (AvgIpc) is 2.75. The summed E-state index contributed by atoms with van der Waals surface area (Å²) in [4.78, 5) is 0. The fourth-order valence-corrected chi connectivity index (χ4v) is 3.67. The van der Waals surface area contributed by atoms with Gasteiger partial charge < -0.3 is 5.32 Å². The molecule has 1 aromatic heterocycles. The number of halogens is 2. The minimum atomic E-state index is 0.324. The van der Waals surface area contributed by atoms with Gasteiger partial charge in [0.05, 0.1) is 2.88 Å². The van der Waals surface area contributed by atoms with Crippen LogP contribution >= 0.6 is 45.5 Å². The maximum atomic E-state index is 6.30. The highest BCUT2D eigenvalue weighted by atomic mass is 127. The van der Waals surface area contributed by atoms with Crippen molar-refractivity contribution in [3.05, 3.63) is 54.2 Å². The SMILES string of the molecule is CNC(Cc1ccc(C)cc1Cl)c1csc(I)c1. The number of thiophene rings is 1. The molecule has 0 fully saturated rings. The van der Waals surface area contributed by atoms with Crippen molar-refractivity contribution in [1.82, 2.24) is 5.32 Å². The first-order chi connectivity index (χ1) is 8.60. The van der Waals surface area contributed by atoms with Crippen LogP contribution in [0.25, 0.3) is 0 Å². The number of nitrogens with one attached hydrogen (secondary N) is 1. The van der Waals surface area contributed by atoms with E-state index in [4.69, 9.17) is 11.6 Å². The molecule has 0 spiro atoms. The molecule has 1 heterocycles. The summed E-state index contributed by atoms with van der Waals surface area (Å²) < 4.78 is 1.32. The van der Waals surface area contributed by atoms with Crippen LogP contribution in [0.15, 0.2) is 29.6 Å². The van der Waals surface area contributed by atoms with Gasteiger partial charge in [-0.25, -0.2) is 0 Å². The standard InChI is InChI=1S/C14H15ClINS/c1-9-3-4-10(12(15)5-9)6-13(17-2)11-7-14(16)18-8-11/h3-5,7-8,13,17H,6H2,1-2H3. The molecule has 0 bridgehead atoms. The van der Waals surface area contributed by atoms with Crippen LogP contribution in [0.4, 0.5) is 0 Å². The summed E-state index contributed by atoms with van der Waals surface area (Å²) >= 11 is 10.4. The smallest absolute Gasteiger partial charge is 0.0656 e. The van der Waals surface area contributed by atoms with E-state index in [9.17, 15) is 0 Å². The van der Waals surface area contributed by atoms with E-state index in [1.165, 1.54) is 19.6 Å². The molecule has 0 radical (unpaired) electrons. The van der Waals surface area contributed by atoms with Crippen LogP contribution in [0.1, 0.15) is 22.7 Å². The molecule has 0 saturated carbocycles. The summed E-state index contributed by atoms with van der Waals surface area (Å²) in [5.74, 6) is 0. The predicted molar refractivity (Wildman–Crippen MR) is 88.7 cm³/mol. The van der Waals surface area contributed by atoms with Crippen LogP contribution in [0, 0.1) is 9.81 Å². The first kappa shape index (κ1) is 14.3. The average molecular weight is 392 g/mol. The zero-order valence-electron chi connectivity index (χ0n) is 10.3. The first-order valence-electron chi connectivity index (χ1n) is 5.76. The van der Waals surface area contributed by atoms with Crippen LogP contribution < -0.4 is 5.32 Å². The predicted octanol–water partition coefficient (Wildman–Crippen LogP) is 4.82. The molecule has 0 amide bonds. The fourth-order valence-electron chi connectivity index (χ4n) is 1.93. The Morgan fingerprint density at radius 3 is 2.72 bits per heavy atom. The van der Waals surface area contributed by atoms with Crippen molar-refractivity contribution in [3.63, 3.8) is 0 Å². The second-order valence-electron chi connectivity index (χ2n) is 4.32. The van der Waals surface area contributed by atoms with Gasteiger partial charge in [-0.3, -0.25) is 0 Å². The third-order valence-corrected chi connectivity index (χ3v) is 5.13. The van der Waals surface area contributed by atoms with Gasteiger partial charge >= 0.3 is 0 Å². The molecule has 18 heavy (non-hydrogen) atoms. The molecule has 1 N–H and O–H groups in total. The highest BCUT2D eigenvalue weighted by molar-refractivity contribution is 14.1. The molecule has 0 saturated heterocycles. The Bertz CT molecular complexity index is 538. The second-order valence-corrected chi connectivity index (χ2v) is 7.54. The molecular formula is C14H15ClINS. The van der Waals surface area contributed by atoms with Crippen LogP contribution in [-0.2, 0) is 6.42 Å². The second kappa shape index (κ2) is 6.37. The number of likely N-dealkylation sites (N-methyl/N-ethyl adjacent to an activating group) is 1. The summed E-state index contributed by atoms with van der Waals surface area (Å²) in [7, 11) is 2.00. The van der Waals surface area contributed by atoms with Crippen molar-refractivity contribution in [3.8, 4) is 0 Å². The van der Waals surface area contributed by atoms with Gasteiger partial charge in [-0.15, -0.1) is 11.3 Å². The molecule has 1 atom stereocenters. The molecule has 1 aromatic carbocycles. The third-order valence-electron chi connectivity index (χ3n) is 2.97. The largest absolute Gasteiger partial charge is 0.313 e. The van der Waals surface area contributed by atoms with Gasteiger partial charge in [0.25, 0.3) is 0 Å². The summed E-state index contributed by atoms with van der Waals surface area (Å²) in [6.07, 6.45) is 0.919. The molecule has 96 valence electrons. The van der Waals surface area contributed by atoms with Crippen molar-refractivity contribution in [2.24, 2.45) is 0 Å². The maximum Gasteiger partial charge on any atom is 0.0656 e. The van der Waals surface area contributed by atoms with Crippen LogP contribution in [0.2, 0.25) is 5.02 Å². The fraction of sp³-hybridized carbons (Fsp3) is 0.286. The molecule has 4 heteroatoms. The molecule has 2 rings (SSSR count). The quantitative estimate of drug-likeness (QED) is 0.737. The molecule has 0 aliphatic carbocycles. The lowest BCUT2D eigenvalue weighted by atomic mass is 10.0. The van der Waals surface area contributed by atoms with E-state index in [1.807, 2.05) is 13.1 Å². The molecule has 2 aromatic rings. The van der Waals surface area contributed by atoms with E-state index in [0.29, 0.717) is 6.04 Å². The minimum Gasteiger partial charge on any atom is -0.313 e. The Morgan fingerprint density at radius 1 is 1.39 bits per heavy atom. The summed E-state index contributed by atoms with van der Waals surface area (Å²) in [6.45, 7) is 2.06. The number of aryl methyl sites for hydroxylation is 1. The molecule has 1 nitrogen and oxygen atoms in total. The Morgan fingerprint density at radius 2 is 2.17 bits per heavy atom. The number of hydrogen-bond acceptors (Lipinski definition) is 2. The van der Waals surface area contributed by atoms with Crippen molar-refractivity contribution >= 4 is 45.5 Å². The van der Waals surface area contributed by atoms with Gasteiger partial charge in [-0.2, -0.15) is 0 Å². The molecule has 0 aliphatic heterocycles. The summed E-state index contributed by atoms with van der Waals surface area (Å²) in [5.41, 5.74) is 3.74. The monoisotopic (exact) mass is 391 g/mol. The molecule has 0 aliphatic rings. The van der Waals surface area contributed by atoms with Gasteiger partial charge in [-0.1, -0.05) is 23.7 Å².